The summed E-state index contributed by atoms with van der Waals surface area (Å²) >= 11 is 8.29. The zero-order chi connectivity index (χ0) is 32.6. The van der Waals surface area contributed by atoms with E-state index >= 15 is 0 Å². The maximum absolute atomic E-state index is 13.3. The number of pyridine rings is 1. The first-order valence-electron chi connectivity index (χ1n) is 13.3. The van der Waals surface area contributed by atoms with Crippen LogP contribution in [0.25, 0.3) is 11.0 Å². The van der Waals surface area contributed by atoms with Crippen LogP contribution in [0.5, 0.6) is 0 Å². The van der Waals surface area contributed by atoms with E-state index in [4.69, 9.17) is 33.0 Å². The molecule has 3 atom stereocenters. The molecule has 2 amide bonds. The van der Waals surface area contributed by atoms with Crippen molar-refractivity contribution in [3.63, 3.8) is 0 Å². The highest BCUT2D eigenvalue weighted by Gasteiger charge is 2.55. The molecule has 1 unspecified atom stereocenters. The molecular weight excluding hydrogens is 652 g/mol. The molecule has 0 aliphatic carbocycles. The molecule has 1 saturated heterocycles. The minimum Gasteiger partial charge on any atom is -0.478 e. The van der Waals surface area contributed by atoms with Gasteiger partial charge < -0.3 is 41.7 Å². The van der Waals surface area contributed by atoms with Gasteiger partial charge in [0.05, 0.1) is 5.52 Å². The molecule has 1 fully saturated rings. The number of nitrogens with zero attached hydrogens (tertiary/aromatic N) is 6. The van der Waals surface area contributed by atoms with Gasteiger partial charge in [0.25, 0.3) is 11.8 Å². The van der Waals surface area contributed by atoms with Gasteiger partial charge in [-0.3, -0.25) is 14.5 Å². The number of amides is 2. The number of halogens is 1. The molecule has 17 nitrogen and oxygen atoms in total. The summed E-state index contributed by atoms with van der Waals surface area (Å²) in [5, 5.41) is 27.8. The number of nitrogens with one attached hydrogen (secondary N) is 2. The number of carbonyl (C=O) groups excluding carboxylic acids is 2. The molecule has 5 heterocycles. The number of β-lactam (4-membered cyclic amide) rings is 1. The molecule has 0 radical (unpaired) electrons. The van der Waals surface area contributed by atoms with Crippen molar-refractivity contribution in [3.8, 4) is 0 Å². The SMILES string of the molecule is CNCCn1c(N)nc2c[n+](CC3=C(C(=O)O)N4C(=O)[C@@H](NC(=O)/C(=N\O[C@@H](C)C(=O)O)c5nc(N)sc5Cl)C4SC3)ccc21. The summed E-state index contributed by atoms with van der Waals surface area (Å²) in [6.45, 7) is 2.69. The number of carboxylic acid groups (broad SMARTS) is 2. The van der Waals surface area contributed by atoms with E-state index in [0.29, 0.717) is 30.1 Å². The fraction of sp³-hybridized carbons (Fsp3) is 0.360. The summed E-state index contributed by atoms with van der Waals surface area (Å²) in [5.41, 5.74) is 12.9. The summed E-state index contributed by atoms with van der Waals surface area (Å²) in [6, 6.07) is 0.723. The van der Waals surface area contributed by atoms with Crippen molar-refractivity contribution >= 4 is 86.3 Å². The zero-order valence-electron chi connectivity index (χ0n) is 23.8. The molecule has 0 aromatic carbocycles. The first-order valence-corrected chi connectivity index (χ1v) is 15.5. The Balaban J connectivity index is 1.36. The fourth-order valence-electron chi connectivity index (χ4n) is 4.76. The summed E-state index contributed by atoms with van der Waals surface area (Å²) in [7, 11) is 1.84. The van der Waals surface area contributed by atoms with Gasteiger partial charge in [0.15, 0.2) is 35.3 Å². The minimum atomic E-state index is -1.41. The van der Waals surface area contributed by atoms with Crippen molar-refractivity contribution in [1.82, 2.24) is 30.1 Å². The second-order valence-electron chi connectivity index (χ2n) is 9.93. The van der Waals surface area contributed by atoms with Gasteiger partial charge in [-0.1, -0.05) is 28.1 Å². The Labute approximate surface area is 267 Å². The van der Waals surface area contributed by atoms with Crippen molar-refractivity contribution < 1.29 is 38.8 Å². The first-order chi connectivity index (χ1) is 21.4. The average molecular weight is 680 g/mol. The van der Waals surface area contributed by atoms with E-state index in [9.17, 15) is 24.3 Å². The lowest BCUT2D eigenvalue weighted by atomic mass is 10.0. The monoisotopic (exact) mass is 679 g/mol. The van der Waals surface area contributed by atoms with Gasteiger partial charge in [-0.2, -0.15) is 4.57 Å². The van der Waals surface area contributed by atoms with E-state index in [1.165, 1.54) is 18.7 Å². The Hall–Kier alpha value is -4.46. The predicted octanol–water partition coefficient (Wildman–Crippen LogP) is -0.550. The number of carbonyl (C=O) groups is 4. The van der Waals surface area contributed by atoms with E-state index in [1.54, 1.807) is 17.0 Å². The van der Waals surface area contributed by atoms with Crippen LogP contribution in [-0.4, -0.2) is 96.0 Å². The summed E-state index contributed by atoms with van der Waals surface area (Å²) < 4.78 is 3.63. The third kappa shape index (κ3) is 6.23. The molecule has 0 saturated carbocycles. The van der Waals surface area contributed by atoms with Crippen LogP contribution in [-0.2, 0) is 37.1 Å². The molecule has 238 valence electrons. The quantitative estimate of drug-likeness (QED) is 0.0610. The largest absolute Gasteiger partial charge is 0.478 e. The molecule has 20 heteroatoms. The number of aromatic nitrogens is 4. The second-order valence-corrected chi connectivity index (χ2v) is 12.7. The number of nitrogen functional groups attached to an aromatic ring is 2. The molecule has 2 aliphatic heterocycles. The maximum Gasteiger partial charge on any atom is 0.352 e. The molecule has 5 rings (SSSR count). The van der Waals surface area contributed by atoms with Gasteiger partial charge >= 0.3 is 11.9 Å². The smallest absolute Gasteiger partial charge is 0.352 e. The van der Waals surface area contributed by atoms with Crippen molar-refractivity contribution in [1.29, 1.82) is 0 Å². The Morgan fingerprint density at radius 3 is 2.71 bits per heavy atom. The number of aliphatic carboxylic acids is 2. The lowest BCUT2D eigenvalue weighted by Gasteiger charge is -2.49. The fourth-order valence-corrected chi connectivity index (χ4v) is 7.03. The number of likely N-dealkylation sites (N-methyl/N-ethyl adjacent to an activating group) is 1. The number of hydrogen-bond donors (Lipinski definition) is 6. The van der Waals surface area contributed by atoms with Gasteiger partial charge in [0.2, 0.25) is 12.1 Å². The van der Waals surface area contributed by atoms with Crippen LogP contribution in [0, 0.1) is 0 Å². The standard InChI is InChI=1S/C25H27ClN10O7S2/c1-10(22(39)40)43-33-15(14-18(26)45-25(28)32-14)19(37)31-16-20(38)36-17(23(41)42)11(9-44-21(16)36)7-34-5-3-13-12(8-34)30-24(27)35(13)6-4-29-2/h3,5,8,10,16,21,29H,4,6-7,9H2,1-2H3,(H6-,27,28,30,31,32,37,39,40,41,42)/p+1/b33-15-/t10-,16+,21?/m0/s1. The number of imidazole rings is 1. The van der Waals surface area contributed by atoms with Crippen molar-refractivity contribution in [2.75, 3.05) is 30.8 Å². The predicted molar refractivity (Wildman–Crippen MR) is 164 cm³/mol. The first kappa shape index (κ1) is 31.9. The average Bonchev–Trinajstić information content (AvgIpc) is 3.49. The van der Waals surface area contributed by atoms with Gasteiger partial charge in [-0.15, -0.1) is 11.8 Å². The number of nitrogens with two attached hydrogens (primary N) is 2. The molecule has 0 spiro atoms. The summed E-state index contributed by atoms with van der Waals surface area (Å²) in [4.78, 5) is 64.6. The van der Waals surface area contributed by atoms with Gasteiger partial charge in [-0.25, -0.2) is 19.6 Å². The van der Waals surface area contributed by atoms with Crippen LogP contribution in [0.15, 0.2) is 34.9 Å². The Bertz CT molecular complexity index is 1770. The molecular formula is C25H28ClN10O7S2+. The zero-order valence-corrected chi connectivity index (χ0v) is 26.1. The highest BCUT2D eigenvalue weighted by Crippen LogP contribution is 2.40. The van der Waals surface area contributed by atoms with E-state index in [2.05, 4.69) is 25.8 Å². The van der Waals surface area contributed by atoms with E-state index in [-0.39, 0.29) is 33.2 Å². The Morgan fingerprint density at radius 2 is 2.07 bits per heavy atom. The van der Waals surface area contributed by atoms with Gasteiger partial charge in [0, 0.05) is 30.5 Å². The van der Waals surface area contributed by atoms with Crippen molar-refractivity contribution in [3.05, 3.63) is 39.8 Å². The van der Waals surface area contributed by atoms with Crippen LogP contribution in [0.2, 0.25) is 4.34 Å². The van der Waals surface area contributed by atoms with E-state index < -0.39 is 47.0 Å². The normalized spacial score (nSPS) is 18.9. The van der Waals surface area contributed by atoms with Crippen LogP contribution < -0.4 is 26.7 Å². The molecule has 3 aromatic rings. The van der Waals surface area contributed by atoms with E-state index in [0.717, 1.165) is 21.8 Å². The van der Waals surface area contributed by atoms with E-state index in [1.807, 2.05) is 17.7 Å². The van der Waals surface area contributed by atoms with Crippen molar-refractivity contribution in [2.45, 2.75) is 37.5 Å². The highest BCUT2D eigenvalue weighted by molar-refractivity contribution is 8.00. The molecule has 0 bridgehead atoms. The number of rotatable bonds is 12. The second kappa shape index (κ2) is 12.9. The maximum atomic E-state index is 13.3. The molecule has 3 aromatic heterocycles. The number of carboxylic acids is 2. The lowest BCUT2D eigenvalue weighted by molar-refractivity contribution is -0.687. The Kier molecular flexibility index (Phi) is 9.14. The van der Waals surface area contributed by atoms with Crippen LogP contribution in [0.1, 0.15) is 12.6 Å². The Morgan fingerprint density at radius 1 is 1.31 bits per heavy atom. The summed E-state index contributed by atoms with van der Waals surface area (Å²) in [5.74, 6) is -3.62. The van der Waals surface area contributed by atoms with Crippen molar-refractivity contribution in [2.24, 2.45) is 5.16 Å². The third-order valence-corrected chi connectivity index (χ3v) is 9.39. The number of thiazole rings is 1. The number of hydrogen-bond acceptors (Lipinski definition) is 13. The molecule has 45 heavy (non-hydrogen) atoms. The highest BCUT2D eigenvalue weighted by atomic mass is 35.5. The number of anilines is 2. The summed E-state index contributed by atoms with van der Waals surface area (Å²) in [6.07, 6.45) is 2.13. The number of fused-ring (bicyclic) bond motifs is 2. The minimum absolute atomic E-state index is 0.00886. The van der Waals surface area contributed by atoms with Crippen LogP contribution in [0.4, 0.5) is 11.1 Å². The lowest BCUT2D eigenvalue weighted by Crippen LogP contribution is -2.71. The van der Waals surface area contributed by atoms with Gasteiger partial charge in [-0.05, 0) is 14.0 Å². The topological polar surface area (TPSA) is 244 Å². The van der Waals surface area contributed by atoms with Crippen LogP contribution in [0.3, 0.4) is 0 Å². The van der Waals surface area contributed by atoms with Crippen LogP contribution >= 0.6 is 34.7 Å². The number of oxime groups is 1. The third-order valence-electron chi connectivity index (χ3n) is 6.96. The molecule has 2 aliphatic rings. The van der Waals surface area contributed by atoms with Gasteiger partial charge in [0.1, 0.15) is 27.1 Å². The molecule has 8 N–H and O–H groups in total. The number of thioether (sulfide) groups is 1.